The minimum Gasteiger partial charge on any atom is -0.444 e. The van der Waals surface area contributed by atoms with Crippen molar-refractivity contribution in [2.75, 3.05) is 18.4 Å². The quantitative estimate of drug-likeness (QED) is 0.409. The van der Waals surface area contributed by atoms with Crippen LogP contribution in [0, 0.1) is 3.70 Å². The third-order valence-corrected chi connectivity index (χ3v) is 5.66. The van der Waals surface area contributed by atoms with E-state index in [9.17, 15) is 22.4 Å². The van der Waals surface area contributed by atoms with Gasteiger partial charge in [-0.2, -0.15) is 13.2 Å². The fourth-order valence-corrected chi connectivity index (χ4v) is 4.22. The van der Waals surface area contributed by atoms with Crippen LogP contribution in [0.5, 0.6) is 0 Å². The minimum absolute atomic E-state index is 0.102. The molecule has 0 radical (unpaired) electrons. The summed E-state index contributed by atoms with van der Waals surface area (Å²) in [5.41, 5.74) is 0.349. The van der Waals surface area contributed by atoms with Gasteiger partial charge in [0.2, 0.25) is 0 Å². The Hall–Kier alpha value is -1.72. The first-order valence-electron chi connectivity index (χ1n) is 9.57. The van der Waals surface area contributed by atoms with Gasteiger partial charge in [0, 0.05) is 17.6 Å². The van der Waals surface area contributed by atoms with Gasteiger partial charge in [-0.1, -0.05) is 6.07 Å². The average Bonchev–Trinajstić information content (AvgIpc) is 2.90. The Balaban J connectivity index is 1.74. The molecule has 166 valence electrons. The van der Waals surface area contributed by atoms with E-state index in [0.29, 0.717) is 33.3 Å². The number of hydrogen-bond acceptors (Lipinski definition) is 3. The second-order valence-electron chi connectivity index (χ2n) is 8.39. The number of hydrogen-bond donors (Lipinski definition) is 1. The lowest BCUT2D eigenvalue weighted by atomic mass is 10.0. The second-order valence-corrected chi connectivity index (χ2v) is 9.49. The first-order valence-corrected chi connectivity index (χ1v) is 10.6. The standard InChI is InChI=1S/C20H24F4IN3O2/c1-19(2,3)30-18(29)27-8-7-15(13(21)10-27)26-14-5-4-6-16-12(14)9-17(25)28(16)11-20(22,23)24/h4-6,9,13,15,26H,7-8,10-11H2,1-3H3/t13-,15-/m1/s1. The molecular formula is C20H24F4IN3O2. The Morgan fingerprint density at radius 2 is 2.00 bits per heavy atom. The molecule has 3 rings (SSSR count). The van der Waals surface area contributed by atoms with Gasteiger partial charge in [-0.05, 0) is 68.0 Å². The first-order chi connectivity index (χ1) is 13.8. The normalized spacial score (nSPS) is 20.5. The van der Waals surface area contributed by atoms with Crippen molar-refractivity contribution in [2.24, 2.45) is 0 Å². The maximum absolute atomic E-state index is 14.8. The number of aromatic nitrogens is 1. The van der Waals surface area contributed by atoms with Crippen molar-refractivity contribution >= 4 is 45.3 Å². The predicted octanol–water partition coefficient (Wildman–Crippen LogP) is 5.57. The summed E-state index contributed by atoms with van der Waals surface area (Å²) < 4.78 is 60.5. The molecule has 2 aromatic rings. The average molecular weight is 541 g/mol. The number of amides is 1. The van der Waals surface area contributed by atoms with E-state index >= 15 is 0 Å². The van der Waals surface area contributed by atoms with Crippen LogP contribution >= 0.6 is 22.6 Å². The fourth-order valence-electron chi connectivity index (χ4n) is 3.48. The van der Waals surface area contributed by atoms with Crippen molar-refractivity contribution in [1.29, 1.82) is 0 Å². The smallest absolute Gasteiger partial charge is 0.410 e. The lowest BCUT2D eigenvalue weighted by Gasteiger charge is -2.36. The summed E-state index contributed by atoms with van der Waals surface area (Å²) in [4.78, 5) is 13.5. The van der Waals surface area contributed by atoms with Gasteiger partial charge in [-0.15, -0.1) is 0 Å². The van der Waals surface area contributed by atoms with Gasteiger partial charge < -0.3 is 19.5 Å². The van der Waals surface area contributed by atoms with Crippen LogP contribution in [-0.4, -0.2) is 52.6 Å². The van der Waals surface area contributed by atoms with Gasteiger partial charge in [-0.3, -0.25) is 0 Å². The number of nitrogens with one attached hydrogen (secondary N) is 1. The molecule has 1 aromatic heterocycles. The van der Waals surface area contributed by atoms with Crippen molar-refractivity contribution in [2.45, 2.75) is 57.7 Å². The van der Waals surface area contributed by atoms with Gasteiger partial charge in [0.15, 0.2) is 0 Å². The minimum atomic E-state index is -4.34. The molecule has 1 amide bonds. The third kappa shape index (κ3) is 5.50. The first kappa shape index (κ1) is 23.0. The molecule has 0 aliphatic carbocycles. The molecule has 5 nitrogen and oxygen atoms in total. The van der Waals surface area contributed by atoms with Crippen molar-refractivity contribution in [3.8, 4) is 0 Å². The van der Waals surface area contributed by atoms with Gasteiger partial charge in [0.25, 0.3) is 0 Å². The third-order valence-electron chi connectivity index (χ3n) is 4.77. The van der Waals surface area contributed by atoms with E-state index in [2.05, 4.69) is 5.32 Å². The van der Waals surface area contributed by atoms with E-state index in [1.165, 1.54) is 9.47 Å². The van der Waals surface area contributed by atoms with Gasteiger partial charge in [0.1, 0.15) is 18.3 Å². The second kappa shape index (κ2) is 8.43. The van der Waals surface area contributed by atoms with Gasteiger partial charge in [0.05, 0.1) is 21.8 Å². The largest absolute Gasteiger partial charge is 0.444 e. The molecule has 0 spiro atoms. The molecule has 1 N–H and O–H groups in total. The molecule has 30 heavy (non-hydrogen) atoms. The van der Waals surface area contributed by atoms with Crippen LogP contribution in [-0.2, 0) is 11.3 Å². The highest BCUT2D eigenvalue weighted by Gasteiger charge is 2.34. The number of carbonyl (C=O) groups excluding carboxylic acids is 1. The number of carbonyl (C=O) groups is 1. The maximum Gasteiger partial charge on any atom is 0.410 e. The number of piperidine rings is 1. The zero-order valence-electron chi connectivity index (χ0n) is 16.9. The van der Waals surface area contributed by atoms with Gasteiger partial charge in [-0.25, -0.2) is 9.18 Å². The monoisotopic (exact) mass is 541 g/mol. The van der Waals surface area contributed by atoms with Crippen molar-refractivity contribution in [1.82, 2.24) is 9.47 Å². The number of likely N-dealkylation sites (tertiary alicyclic amines) is 1. The van der Waals surface area contributed by atoms with E-state index in [0.717, 1.165) is 0 Å². The molecule has 1 aromatic carbocycles. The predicted molar refractivity (Wildman–Crippen MR) is 115 cm³/mol. The molecule has 1 saturated heterocycles. The number of halogens is 5. The van der Waals surface area contributed by atoms with E-state index in [-0.39, 0.29) is 6.54 Å². The Morgan fingerprint density at radius 3 is 2.60 bits per heavy atom. The lowest BCUT2D eigenvalue weighted by Crippen LogP contribution is -2.51. The molecule has 10 heteroatoms. The highest BCUT2D eigenvalue weighted by atomic mass is 127. The van der Waals surface area contributed by atoms with Crippen LogP contribution in [0.25, 0.3) is 10.9 Å². The summed E-state index contributed by atoms with van der Waals surface area (Å²) >= 11 is 1.87. The number of fused-ring (bicyclic) bond motifs is 1. The Morgan fingerprint density at radius 1 is 1.30 bits per heavy atom. The molecule has 1 aliphatic rings. The van der Waals surface area contributed by atoms with E-state index < -0.39 is 36.6 Å². The van der Waals surface area contributed by atoms with Crippen LogP contribution in [0.4, 0.5) is 28.0 Å². The molecule has 0 unspecified atom stereocenters. The zero-order chi connectivity index (χ0) is 22.3. The molecule has 1 aliphatic heterocycles. The number of benzene rings is 1. The molecule has 1 fully saturated rings. The van der Waals surface area contributed by atoms with Gasteiger partial charge >= 0.3 is 12.3 Å². The number of alkyl halides is 4. The summed E-state index contributed by atoms with van der Waals surface area (Å²) in [6, 6.07) is 6.09. The van der Waals surface area contributed by atoms with Crippen LogP contribution < -0.4 is 5.32 Å². The molecular weight excluding hydrogens is 517 g/mol. The highest BCUT2D eigenvalue weighted by Crippen LogP contribution is 2.32. The maximum atomic E-state index is 14.8. The molecule has 0 saturated carbocycles. The van der Waals surface area contributed by atoms with Crippen molar-refractivity contribution in [3.63, 3.8) is 0 Å². The SMILES string of the molecule is CC(C)(C)OC(=O)N1CC[C@@H](Nc2cccc3c2cc(I)n3CC(F)(F)F)[C@H](F)C1. The summed E-state index contributed by atoms with van der Waals surface area (Å²) in [6.07, 6.45) is -5.87. The van der Waals surface area contributed by atoms with Crippen LogP contribution in [0.15, 0.2) is 24.3 Å². The number of ether oxygens (including phenoxy) is 1. The number of rotatable bonds is 3. The molecule has 0 bridgehead atoms. The van der Waals surface area contributed by atoms with Crippen LogP contribution in [0.3, 0.4) is 0 Å². The Labute approximate surface area is 185 Å². The van der Waals surface area contributed by atoms with Crippen molar-refractivity contribution < 1.29 is 27.1 Å². The summed E-state index contributed by atoms with van der Waals surface area (Å²) in [6.45, 7) is 4.39. The van der Waals surface area contributed by atoms with Crippen LogP contribution in [0.1, 0.15) is 27.2 Å². The molecule has 2 atom stereocenters. The Bertz CT molecular complexity index is 923. The summed E-state index contributed by atoms with van der Waals surface area (Å²) in [7, 11) is 0. The van der Waals surface area contributed by atoms with Crippen LogP contribution in [0.2, 0.25) is 0 Å². The number of nitrogens with zero attached hydrogens (tertiary/aromatic N) is 2. The van der Waals surface area contributed by atoms with Crippen molar-refractivity contribution in [3.05, 3.63) is 28.0 Å². The topological polar surface area (TPSA) is 46.5 Å². The summed E-state index contributed by atoms with van der Waals surface area (Å²) in [5.74, 6) is 0. The fraction of sp³-hybridized carbons (Fsp3) is 0.550. The Kier molecular flexibility index (Phi) is 6.45. The number of anilines is 1. The molecule has 2 heterocycles. The highest BCUT2D eigenvalue weighted by molar-refractivity contribution is 14.1. The lowest BCUT2D eigenvalue weighted by molar-refractivity contribution is -0.140. The van der Waals surface area contributed by atoms with E-state index in [4.69, 9.17) is 4.74 Å². The zero-order valence-corrected chi connectivity index (χ0v) is 19.1. The van der Waals surface area contributed by atoms with E-state index in [1.54, 1.807) is 45.0 Å². The van der Waals surface area contributed by atoms with E-state index in [1.807, 2.05) is 22.6 Å². The summed E-state index contributed by atoms with van der Waals surface area (Å²) in [5, 5.41) is 3.74.